The van der Waals surface area contributed by atoms with Crippen molar-refractivity contribution in [1.29, 1.82) is 0 Å². The molecule has 1 rings (SSSR count). The maximum absolute atomic E-state index is 12.1. The van der Waals surface area contributed by atoms with E-state index in [1.807, 2.05) is 13.8 Å². The Hall–Kier alpha value is -1.14. The average molecular weight is 270 g/mol. The molecule has 3 unspecified atom stereocenters. The molecular formula is C13H26N4O2. The van der Waals surface area contributed by atoms with Gasteiger partial charge in [-0.05, 0) is 27.7 Å². The lowest BCUT2D eigenvalue weighted by Gasteiger charge is -2.30. The van der Waals surface area contributed by atoms with Crippen molar-refractivity contribution in [3.05, 3.63) is 0 Å². The van der Waals surface area contributed by atoms with Crippen molar-refractivity contribution in [2.24, 2.45) is 0 Å². The second-order valence-corrected chi connectivity index (χ2v) is 5.01. The first kappa shape index (κ1) is 15.9. The summed E-state index contributed by atoms with van der Waals surface area (Å²) in [5.41, 5.74) is 0. The molecule has 6 heteroatoms. The smallest absolute Gasteiger partial charge is 0.244 e. The molecule has 110 valence electrons. The molecule has 2 amide bonds. The molecule has 0 bridgehead atoms. The Kier molecular flexibility index (Phi) is 6.24. The topological polar surface area (TPSA) is 73.5 Å². The normalized spacial score (nSPS) is 24.6. The van der Waals surface area contributed by atoms with Gasteiger partial charge in [0.1, 0.15) is 6.04 Å². The van der Waals surface area contributed by atoms with Crippen molar-refractivity contribution in [2.45, 2.75) is 45.8 Å². The van der Waals surface area contributed by atoms with E-state index in [2.05, 4.69) is 22.9 Å². The first-order valence-electron chi connectivity index (χ1n) is 7.05. The third-order valence-electron chi connectivity index (χ3n) is 3.46. The van der Waals surface area contributed by atoms with E-state index in [4.69, 9.17) is 0 Å². The first-order chi connectivity index (χ1) is 8.99. The van der Waals surface area contributed by atoms with Crippen LogP contribution in [0.1, 0.15) is 27.7 Å². The average Bonchev–Trinajstić information content (AvgIpc) is 2.40. The lowest BCUT2D eigenvalue weighted by atomic mass is 10.1. The molecule has 0 radical (unpaired) electrons. The van der Waals surface area contributed by atoms with Crippen LogP contribution in [0.2, 0.25) is 0 Å². The van der Waals surface area contributed by atoms with Gasteiger partial charge in [0.25, 0.3) is 0 Å². The van der Waals surface area contributed by atoms with Gasteiger partial charge in [-0.1, -0.05) is 0 Å². The van der Waals surface area contributed by atoms with E-state index in [-0.39, 0.29) is 17.9 Å². The van der Waals surface area contributed by atoms with Gasteiger partial charge in [-0.3, -0.25) is 9.59 Å². The van der Waals surface area contributed by atoms with Gasteiger partial charge in [0.05, 0.1) is 6.04 Å². The van der Waals surface area contributed by atoms with E-state index >= 15 is 0 Å². The minimum absolute atomic E-state index is 0.0320. The van der Waals surface area contributed by atoms with Crippen molar-refractivity contribution >= 4 is 11.8 Å². The molecule has 19 heavy (non-hydrogen) atoms. The van der Waals surface area contributed by atoms with Crippen LogP contribution in [-0.4, -0.2) is 61.0 Å². The SMILES string of the molecule is CCN(CC)C(=O)C(C)NC(=O)C1CNC(C)CN1. The number of hydrogen-bond donors (Lipinski definition) is 3. The Balaban J connectivity index is 2.45. The van der Waals surface area contributed by atoms with E-state index in [0.29, 0.717) is 25.7 Å². The van der Waals surface area contributed by atoms with Gasteiger partial charge in [-0.15, -0.1) is 0 Å². The van der Waals surface area contributed by atoms with Crippen molar-refractivity contribution in [3.63, 3.8) is 0 Å². The number of hydrogen-bond acceptors (Lipinski definition) is 4. The van der Waals surface area contributed by atoms with Gasteiger partial charge in [0, 0.05) is 32.2 Å². The summed E-state index contributed by atoms with van der Waals surface area (Å²) in [7, 11) is 0. The molecule has 3 atom stereocenters. The molecule has 0 aromatic heterocycles. The second kappa shape index (κ2) is 7.45. The van der Waals surface area contributed by atoms with Crippen molar-refractivity contribution in [2.75, 3.05) is 26.2 Å². The van der Waals surface area contributed by atoms with E-state index in [0.717, 1.165) is 6.54 Å². The van der Waals surface area contributed by atoms with Crippen molar-refractivity contribution < 1.29 is 9.59 Å². The molecule has 0 spiro atoms. The number of amides is 2. The van der Waals surface area contributed by atoms with Gasteiger partial charge < -0.3 is 20.9 Å². The van der Waals surface area contributed by atoms with Crippen LogP contribution in [0.3, 0.4) is 0 Å². The molecule has 1 aliphatic heterocycles. The molecule has 3 N–H and O–H groups in total. The highest BCUT2D eigenvalue weighted by molar-refractivity contribution is 5.89. The molecule has 1 saturated heterocycles. The number of nitrogens with one attached hydrogen (secondary N) is 3. The van der Waals surface area contributed by atoms with Crippen LogP contribution in [0.4, 0.5) is 0 Å². The highest BCUT2D eigenvalue weighted by Gasteiger charge is 2.26. The second-order valence-electron chi connectivity index (χ2n) is 5.01. The van der Waals surface area contributed by atoms with E-state index < -0.39 is 6.04 Å². The number of likely N-dealkylation sites (N-methyl/N-ethyl adjacent to an activating group) is 1. The summed E-state index contributed by atoms with van der Waals surface area (Å²) >= 11 is 0. The van der Waals surface area contributed by atoms with Crippen LogP contribution in [0.15, 0.2) is 0 Å². The highest BCUT2D eigenvalue weighted by Crippen LogP contribution is 1.98. The zero-order chi connectivity index (χ0) is 14.4. The Morgan fingerprint density at radius 3 is 2.37 bits per heavy atom. The third-order valence-corrected chi connectivity index (χ3v) is 3.46. The van der Waals surface area contributed by atoms with Crippen LogP contribution >= 0.6 is 0 Å². The predicted octanol–water partition coefficient (Wildman–Crippen LogP) is -0.691. The number of piperazine rings is 1. The summed E-state index contributed by atoms with van der Waals surface area (Å²) in [6, 6.07) is -0.365. The standard InChI is InChI=1S/C13H26N4O2/c1-5-17(6-2)13(19)10(4)16-12(18)11-8-14-9(3)7-15-11/h9-11,14-15H,5-8H2,1-4H3,(H,16,18). The summed E-state index contributed by atoms with van der Waals surface area (Å²) < 4.78 is 0. The van der Waals surface area contributed by atoms with E-state index in [9.17, 15) is 9.59 Å². The molecule has 1 aliphatic rings. The quantitative estimate of drug-likeness (QED) is 0.618. The van der Waals surface area contributed by atoms with Crippen LogP contribution in [0.5, 0.6) is 0 Å². The zero-order valence-electron chi connectivity index (χ0n) is 12.3. The Bertz CT molecular complexity index is 310. The van der Waals surface area contributed by atoms with Gasteiger partial charge in [-0.2, -0.15) is 0 Å². The highest BCUT2D eigenvalue weighted by atomic mass is 16.2. The van der Waals surface area contributed by atoms with Gasteiger partial charge in [0.2, 0.25) is 11.8 Å². The fourth-order valence-corrected chi connectivity index (χ4v) is 2.15. The van der Waals surface area contributed by atoms with Crippen LogP contribution in [-0.2, 0) is 9.59 Å². The summed E-state index contributed by atoms with van der Waals surface area (Å²) in [4.78, 5) is 25.8. The maximum Gasteiger partial charge on any atom is 0.244 e. The molecule has 0 aromatic carbocycles. The van der Waals surface area contributed by atoms with E-state index in [1.165, 1.54) is 0 Å². The van der Waals surface area contributed by atoms with Crippen molar-refractivity contribution in [1.82, 2.24) is 20.9 Å². The molecule has 0 aromatic rings. The summed E-state index contributed by atoms with van der Waals surface area (Å²) in [6.45, 7) is 10.3. The van der Waals surface area contributed by atoms with Crippen molar-refractivity contribution in [3.8, 4) is 0 Å². The van der Waals surface area contributed by atoms with Crippen LogP contribution in [0, 0.1) is 0 Å². The predicted molar refractivity (Wildman–Crippen MR) is 74.8 cm³/mol. The molecule has 0 aliphatic carbocycles. The molecule has 1 heterocycles. The molecule has 0 saturated carbocycles. The van der Waals surface area contributed by atoms with Gasteiger partial charge >= 0.3 is 0 Å². The van der Waals surface area contributed by atoms with Crippen LogP contribution in [0.25, 0.3) is 0 Å². The number of nitrogens with zero attached hydrogens (tertiary/aromatic N) is 1. The molecule has 6 nitrogen and oxygen atoms in total. The summed E-state index contributed by atoms with van der Waals surface area (Å²) in [5.74, 6) is -0.150. The Labute approximate surface area is 115 Å². The van der Waals surface area contributed by atoms with E-state index in [1.54, 1.807) is 11.8 Å². The van der Waals surface area contributed by atoms with Gasteiger partial charge in [-0.25, -0.2) is 0 Å². The molecule has 1 fully saturated rings. The fourth-order valence-electron chi connectivity index (χ4n) is 2.15. The minimum Gasteiger partial charge on any atom is -0.343 e. The fraction of sp³-hybridized carbons (Fsp3) is 0.846. The number of carbonyl (C=O) groups excluding carboxylic acids is 2. The largest absolute Gasteiger partial charge is 0.343 e. The van der Waals surface area contributed by atoms with Crippen LogP contribution < -0.4 is 16.0 Å². The molecular weight excluding hydrogens is 244 g/mol. The monoisotopic (exact) mass is 270 g/mol. The number of rotatable bonds is 5. The third kappa shape index (κ3) is 4.47. The first-order valence-corrected chi connectivity index (χ1v) is 7.05. The Morgan fingerprint density at radius 2 is 1.89 bits per heavy atom. The Morgan fingerprint density at radius 1 is 1.26 bits per heavy atom. The lowest BCUT2D eigenvalue weighted by molar-refractivity contribution is -0.136. The number of carbonyl (C=O) groups is 2. The zero-order valence-corrected chi connectivity index (χ0v) is 12.3. The summed E-state index contributed by atoms with van der Waals surface area (Å²) in [6.07, 6.45) is 0. The maximum atomic E-state index is 12.1. The summed E-state index contributed by atoms with van der Waals surface area (Å²) in [5, 5.41) is 9.19. The minimum atomic E-state index is -0.478. The lowest BCUT2D eigenvalue weighted by Crippen LogP contribution is -2.60. The van der Waals surface area contributed by atoms with Gasteiger partial charge in [0.15, 0.2) is 0 Å².